The van der Waals surface area contributed by atoms with Gasteiger partial charge < -0.3 is 19.5 Å². The van der Waals surface area contributed by atoms with Crippen molar-refractivity contribution in [3.63, 3.8) is 0 Å². The van der Waals surface area contributed by atoms with Crippen molar-refractivity contribution < 1.29 is 24.1 Å². The van der Waals surface area contributed by atoms with Gasteiger partial charge in [-0.05, 0) is 42.0 Å². The number of fused-ring (bicyclic) bond motifs is 1. The minimum Gasteiger partial charge on any atom is -0.481 e. The standard InChI is InChI=1S/C24H27FN2O5/c1-13(2)20(12-28)27-11-19(24(30)31)21(29)18-10-16(23(32-4)26-22(18)27)9-14(3)15-5-7-17(25)8-6-15/h5-8,10-11,13-14,20,28H,9,12H2,1-4H3,(H,30,31)/t14-,20+/m0/s1. The van der Waals surface area contributed by atoms with Crippen LogP contribution in [-0.2, 0) is 6.42 Å². The van der Waals surface area contributed by atoms with Crippen molar-refractivity contribution >= 4 is 17.0 Å². The predicted octanol–water partition coefficient (Wildman–Crippen LogP) is 3.78. The van der Waals surface area contributed by atoms with E-state index in [0.29, 0.717) is 17.9 Å². The minimum absolute atomic E-state index is 0.0329. The topological polar surface area (TPSA) is 102 Å². The van der Waals surface area contributed by atoms with Crippen molar-refractivity contribution in [2.75, 3.05) is 13.7 Å². The van der Waals surface area contributed by atoms with Crippen LogP contribution < -0.4 is 10.2 Å². The number of hydrogen-bond acceptors (Lipinski definition) is 5. The Hall–Kier alpha value is -3.26. The van der Waals surface area contributed by atoms with Gasteiger partial charge in [0, 0.05) is 11.8 Å². The van der Waals surface area contributed by atoms with E-state index >= 15 is 0 Å². The molecule has 0 aliphatic heterocycles. The van der Waals surface area contributed by atoms with Crippen LogP contribution in [0, 0.1) is 11.7 Å². The van der Waals surface area contributed by atoms with Crippen LogP contribution >= 0.6 is 0 Å². The Balaban J connectivity index is 2.21. The fourth-order valence-corrected chi connectivity index (χ4v) is 3.88. The van der Waals surface area contributed by atoms with Gasteiger partial charge in [-0.25, -0.2) is 9.18 Å². The summed E-state index contributed by atoms with van der Waals surface area (Å²) in [6.45, 7) is 5.49. The Morgan fingerprint density at radius 3 is 2.41 bits per heavy atom. The highest BCUT2D eigenvalue weighted by Crippen LogP contribution is 2.29. The third-order valence-electron chi connectivity index (χ3n) is 5.75. The van der Waals surface area contributed by atoms with Crippen LogP contribution in [0.15, 0.2) is 41.3 Å². The number of carboxylic acids is 1. The number of aromatic nitrogens is 2. The van der Waals surface area contributed by atoms with Crippen molar-refractivity contribution in [2.45, 2.75) is 39.2 Å². The van der Waals surface area contributed by atoms with E-state index < -0.39 is 17.4 Å². The second-order valence-corrected chi connectivity index (χ2v) is 8.26. The molecule has 2 atom stereocenters. The molecule has 0 aliphatic carbocycles. The molecule has 2 aromatic heterocycles. The van der Waals surface area contributed by atoms with Crippen LogP contribution in [0.3, 0.4) is 0 Å². The summed E-state index contributed by atoms with van der Waals surface area (Å²) in [6.07, 6.45) is 1.68. The normalized spacial score (nSPS) is 13.3. The van der Waals surface area contributed by atoms with E-state index in [4.69, 9.17) is 4.74 Å². The molecule has 0 bridgehead atoms. The van der Waals surface area contributed by atoms with Gasteiger partial charge in [-0.1, -0.05) is 32.9 Å². The van der Waals surface area contributed by atoms with E-state index in [0.717, 1.165) is 5.56 Å². The lowest BCUT2D eigenvalue weighted by molar-refractivity contribution is 0.0694. The first kappa shape index (κ1) is 23.4. The van der Waals surface area contributed by atoms with Crippen molar-refractivity contribution in [3.05, 3.63) is 69.3 Å². The molecule has 1 aromatic carbocycles. The molecular formula is C24H27FN2O5. The molecule has 0 radical (unpaired) electrons. The molecule has 0 spiro atoms. The summed E-state index contributed by atoms with van der Waals surface area (Å²) in [6, 6.07) is 7.32. The van der Waals surface area contributed by atoms with Gasteiger partial charge in [-0.2, -0.15) is 4.98 Å². The Morgan fingerprint density at radius 2 is 1.88 bits per heavy atom. The first-order valence-electron chi connectivity index (χ1n) is 10.4. The largest absolute Gasteiger partial charge is 0.481 e. The number of carbonyl (C=O) groups is 1. The summed E-state index contributed by atoms with van der Waals surface area (Å²) in [7, 11) is 1.47. The molecule has 8 heteroatoms. The van der Waals surface area contributed by atoms with Crippen LogP contribution in [0.1, 0.15) is 54.2 Å². The van der Waals surface area contributed by atoms with E-state index in [1.165, 1.54) is 25.4 Å². The van der Waals surface area contributed by atoms with Crippen molar-refractivity contribution in [1.29, 1.82) is 0 Å². The summed E-state index contributed by atoms with van der Waals surface area (Å²) in [4.78, 5) is 29.3. The molecule has 7 nitrogen and oxygen atoms in total. The number of hydrogen-bond donors (Lipinski definition) is 2. The van der Waals surface area contributed by atoms with Crippen LogP contribution in [0.25, 0.3) is 11.0 Å². The fourth-order valence-electron chi connectivity index (χ4n) is 3.88. The maximum Gasteiger partial charge on any atom is 0.341 e. The van der Waals surface area contributed by atoms with Crippen molar-refractivity contribution in [2.24, 2.45) is 5.92 Å². The molecule has 0 unspecified atom stereocenters. The van der Waals surface area contributed by atoms with E-state index in [1.807, 2.05) is 20.8 Å². The van der Waals surface area contributed by atoms with Crippen LogP contribution in [0.2, 0.25) is 0 Å². The lowest BCUT2D eigenvalue weighted by atomic mass is 9.93. The number of ether oxygens (including phenoxy) is 1. The number of aromatic carboxylic acids is 1. The van der Waals surface area contributed by atoms with E-state index in [9.17, 15) is 24.2 Å². The lowest BCUT2D eigenvalue weighted by Gasteiger charge is -2.24. The zero-order valence-corrected chi connectivity index (χ0v) is 18.5. The second-order valence-electron chi connectivity index (χ2n) is 8.26. The Labute approximate surface area is 185 Å². The quantitative estimate of drug-likeness (QED) is 0.551. The number of aliphatic hydroxyl groups excluding tert-OH is 1. The Morgan fingerprint density at radius 1 is 1.22 bits per heavy atom. The lowest BCUT2D eigenvalue weighted by Crippen LogP contribution is -2.26. The number of halogens is 1. The Bertz CT molecular complexity index is 1190. The highest BCUT2D eigenvalue weighted by atomic mass is 19.1. The van der Waals surface area contributed by atoms with Crippen LogP contribution in [0.4, 0.5) is 4.39 Å². The number of pyridine rings is 2. The number of carboxylic acid groups (broad SMARTS) is 1. The van der Waals surface area contributed by atoms with Crippen LogP contribution in [-0.4, -0.2) is 39.5 Å². The van der Waals surface area contributed by atoms with E-state index in [-0.39, 0.29) is 40.9 Å². The second kappa shape index (κ2) is 9.48. The molecule has 0 saturated carbocycles. The van der Waals surface area contributed by atoms with E-state index in [2.05, 4.69) is 4.98 Å². The highest BCUT2D eigenvalue weighted by molar-refractivity contribution is 5.92. The van der Waals surface area contributed by atoms with Crippen molar-refractivity contribution in [1.82, 2.24) is 9.55 Å². The SMILES string of the molecule is COc1nc2c(cc1C[C@H](C)c1ccc(F)cc1)c(=O)c(C(=O)O)cn2[C@H](CO)C(C)C. The zero-order valence-electron chi connectivity index (χ0n) is 18.5. The molecule has 32 heavy (non-hydrogen) atoms. The van der Waals surface area contributed by atoms with Gasteiger partial charge in [-0.15, -0.1) is 0 Å². The first-order valence-corrected chi connectivity index (χ1v) is 10.4. The van der Waals surface area contributed by atoms with Gasteiger partial charge in [-0.3, -0.25) is 4.79 Å². The molecule has 2 heterocycles. The van der Waals surface area contributed by atoms with Gasteiger partial charge >= 0.3 is 5.97 Å². The predicted molar refractivity (Wildman–Crippen MR) is 119 cm³/mol. The van der Waals surface area contributed by atoms with E-state index in [1.54, 1.807) is 22.8 Å². The zero-order chi connectivity index (χ0) is 23.6. The summed E-state index contributed by atoms with van der Waals surface area (Å²) in [5.74, 6) is -1.43. The molecule has 0 saturated heterocycles. The Kier molecular flexibility index (Phi) is 6.93. The van der Waals surface area contributed by atoms with Gasteiger partial charge in [0.25, 0.3) is 0 Å². The number of methoxy groups -OCH3 is 1. The summed E-state index contributed by atoms with van der Waals surface area (Å²) in [5, 5.41) is 19.6. The monoisotopic (exact) mass is 442 g/mol. The number of rotatable bonds is 8. The molecule has 0 amide bonds. The fraction of sp³-hybridized carbons (Fsp3) is 0.375. The molecule has 170 valence electrons. The summed E-state index contributed by atoms with van der Waals surface area (Å²) < 4.78 is 20.3. The highest BCUT2D eigenvalue weighted by Gasteiger charge is 2.24. The molecule has 3 rings (SSSR count). The molecule has 3 aromatic rings. The smallest absolute Gasteiger partial charge is 0.341 e. The summed E-state index contributed by atoms with van der Waals surface area (Å²) >= 11 is 0. The maximum atomic E-state index is 13.3. The van der Waals surface area contributed by atoms with Gasteiger partial charge in [0.05, 0.1) is 25.1 Å². The molecule has 0 fully saturated rings. The summed E-state index contributed by atoms with van der Waals surface area (Å²) in [5.41, 5.74) is 0.762. The molecular weight excluding hydrogens is 415 g/mol. The molecule has 2 N–H and O–H groups in total. The van der Waals surface area contributed by atoms with Gasteiger partial charge in [0.2, 0.25) is 11.3 Å². The third kappa shape index (κ3) is 4.50. The van der Waals surface area contributed by atoms with Gasteiger partial charge in [0.1, 0.15) is 17.0 Å². The minimum atomic E-state index is -1.34. The average Bonchev–Trinajstić information content (AvgIpc) is 2.75. The van der Waals surface area contributed by atoms with Crippen LogP contribution in [0.5, 0.6) is 5.88 Å². The number of benzene rings is 1. The third-order valence-corrected chi connectivity index (χ3v) is 5.75. The van der Waals surface area contributed by atoms with Gasteiger partial charge in [0.15, 0.2) is 0 Å². The number of nitrogens with zero attached hydrogens (tertiary/aromatic N) is 2. The average molecular weight is 442 g/mol. The maximum absolute atomic E-state index is 13.3. The first-order chi connectivity index (χ1) is 15.2. The van der Waals surface area contributed by atoms with Crippen molar-refractivity contribution in [3.8, 4) is 5.88 Å². The number of aliphatic hydroxyl groups is 1. The molecule has 0 aliphatic rings.